The third-order valence-corrected chi connectivity index (χ3v) is 3.55. The molecule has 1 atom stereocenters. The van der Waals surface area contributed by atoms with Crippen molar-refractivity contribution in [3.05, 3.63) is 60.7 Å². The van der Waals surface area contributed by atoms with E-state index < -0.39 is 72.2 Å². The van der Waals surface area contributed by atoms with Gasteiger partial charge in [0.2, 0.25) is 6.29 Å². The lowest BCUT2D eigenvalue weighted by Crippen LogP contribution is -2.57. The molecule has 0 aliphatic carbocycles. The van der Waals surface area contributed by atoms with E-state index in [-0.39, 0.29) is 0 Å². The molecule has 0 aromatic rings. The fraction of sp³-hybridized carbons (Fsp3) is 0.875. The Morgan fingerprint density at radius 3 is 1.24 bits per heavy atom. The minimum absolute atomic E-state index is 0.607. The first kappa shape index (κ1) is 24.9. The van der Waals surface area contributed by atoms with Gasteiger partial charge in [-0.2, -0.15) is 0 Å². The van der Waals surface area contributed by atoms with Crippen molar-refractivity contribution < 1.29 is 43.1 Å². The van der Waals surface area contributed by atoms with Crippen molar-refractivity contribution in [2.45, 2.75) is 36.8 Å². The summed E-state index contributed by atoms with van der Waals surface area (Å²) in [6.45, 7) is 0. The molecule has 29 heavy (non-hydrogen) atoms. The topological polar surface area (TPSA) is 276 Å². The van der Waals surface area contributed by atoms with Crippen LogP contribution in [0.4, 0.5) is 8.78 Å². The predicted molar refractivity (Wildman–Crippen MR) is 75.4 cm³/mol. The van der Waals surface area contributed by atoms with Crippen molar-refractivity contribution >= 4 is 6.29 Å². The summed E-state index contributed by atoms with van der Waals surface area (Å²) in [5.41, 5.74) is -4.27. The third kappa shape index (κ3) is 4.62. The molecule has 0 aromatic heterocycles. The maximum absolute atomic E-state index is 14.0. The summed E-state index contributed by atoms with van der Waals surface area (Å²) in [5.74, 6) is -12.5. The SMILES string of the molecule is O=[C]C(CC(F)([N+](=O)[O-])[N+](=O)[O-])CC(CC(F)([N+](=O)[O-])[N+](=O)[O-])([N+](=O)[O-])[N+](=O)[O-]. The fourth-order valence-corrected chi connectivity index (χ4v) is 2.05. The Morgan fingerprint density at radius 2 is 1.00 bits per heavy atom. The van der Waals surface area contributed by atoms with Crippen LogP contribution in [-0.4, -0.2) is 53.3 Å². The van der Waals surface area contributed by atoms with Gasteiger partial charge in [0.15, 0.2) is 0 Å². The number of carbonyl (C=O) groups excluding carboxylic acids is 1. The quantitative estimate of drug-likeness (QED) is 0.153. The van der Waals surface area contributed by atoms with Gasteiger partial charge in [-0.3, -0.25) is 65.5 Å². The fourth-order valence-electron chi connectivity index (χ4n) is 2.05. The molecule has 0 aliphatic rings. The van der Waals surface area contributed by atoms with E-state index >= 15 is 0 Å². The molecule has 0 saturated carbocycles. The van der Waals surface area contributed by atoms with Crippen molar-refractivity contribution in [3.63, 3.8) is 0 Å². The number of nitro groups is 6. The van der Waals surface area contributed by atoms with E-state index in [1.165, 1.54) is 0 Å². The highest BCUT2D eigenvalue weighted by Crippen LogP contribution is 2.36. The Hall–Kier alpha value is -4.07. The molecule has 1 unspecified atom stereocenters. The van der Waals surface area contributed by atoms with Crippen LogP contribution in [0, 0.1) is 66.6 Å². The average molecular weight is 433 g/mol. The van der Waals surface area contributed by atoms with Gasteiger partial charge in [-0.25, -0.2) is 0 Å². The average Bonchev–Trinajstić information content (AvgIpc) is 2.58. The molecule has 0 fully saturated rings. The highest BCUT2D eigenvalue weighted by atomic mass is 19.2. The van der Waals surface area contributed by atoms with Crippen molar-refractivity contribution in [1.82, 2.24) is 0 Å². The molecule has 0 rings (SSSR count). The van der Waals surface area contributed by atoms with Gasteiger partial charge >= 0.3 is 17.5 Å². The standard InChI is InChI=1S/C8H7F2N6O13/c9-7(13(22)23,14(24)25)2-5(3-17)1-6(11(18)19,12(20)21)4-8(10,15(26)27)16(28)29/h5H,1-2,4H2. The van der Waals surface area contributed by atoms with E-state index in [2.05, 4.69) is 0 Å². The number of hydrogen-bond donors (Lipinski definition) is 0. The zero-order valence-corrected chi connectivity index (χ0v) is 13.4. The van der Waals surface area contributed by atoms with E-state index in [4.69, 9.17) is 0 Å². The summed E-state index contributed by atoms with van der Waals surface area (Å²) in [6.07, 6.45) is -6.45. The van der Waals surface area contributed by atoms with Crippen molar-refractivity contribution in [1.29, 1.82) is 0 Å². The molecule has 161 valence electrons. The van der Waals surface area contributed by atoms with Crippen LogP contribution >= 0.6 is 0 Å². The van der Waals surface area contributed by atoms with E-state index in [9.17, 15) is 74.3 Å². The molecule has 1 radical (unpaired) electrons. The number of rotatable bonds is 13. The minimum atomic E-state index is -5.04. The Morgan fingerprint density at radius 1 is 0.655 bits per heavy atom. The third-order valence-electron chi connectivity index (χ3n) is 3.55. The highest BCUT2D eigenvalue weighted by molar-refractivity contribution is 5.54. The molecule has 0 spiro atoms. The molecule has 19 nitrogen and oxygen atoms in total. The van der Waals surface area contributed by atoms with Crippen LogP contribution in [0.25, 0.3) is 0 Å². The van der Waals surface area contributed by atoms with Crippen LogP contribution in [0.1, 0.15) is 19.3 Å². The van der Waals surface area contributed by atoms with E-state index in [1.807, 2.05) is 0 Å². The summed E-state index contributed by atoms with van der Waals surface area (Å²) < 4.78 is 27.8. The highest BCUT2D eigenvalue weighted by Gasteiger charge is 2.75. The second kappa shape index (κ2) is 8.30. The second-order valence-electron chi connectivity index (χ2n) is 5.36. The van der Waals surface area contributed by atoms with Gasteiger partial charge < -0.3 is 0 Å². The Kier molecular flexibility index (Phi) is 7.14. The lowest BCUT2D eigenvalue weighted by atomic mass is 9.89. The summed E-state index contributed by atoms with van der Waals surface area (Å²) in [4.78, 5) is 62.0. The molecule has 0 saturated heterocycles. The van der Waals surface area contributed by atoms with Gasteiger partial charge in [0.25, 0.3) is 6.42 Å². The minimum Gasteiger partial charge on any atom is -0.291 e. The van der Waals surface area contributed by atoms with Gasteiger partial charge in [-0.15, -0.1) is 0 Å². The summed E-state index contributed by atoms with van der Waals surface area (Å²) in [6, 6.07) is 0. The van der Waals surface area contributed by atoms with E-state index in [0.717, 1.165) is 0 Å². The van der Waals surface area contributed by atoms with Gasteiger partial charge in [0.05, 0.1) is 15.8 Å². The molecule has 0 bridgehead atoms. The van der Waals surface area contributed by atoms with Crippen molar-refractivity contribution in [3.8, 4) is 0 Å². The summed E-state index contributed by atoms with van der Waals surface area (Å²) in [5, 5.41) is 64.4. The maximum atomic E-state index is 14.0. The lowest BCUT2D eigenvalue weighted by Gasteiger charge is -2.20. The van der Waals surface area contributed by atoms with Crippen LogP contribution in [0.2, 0.25) is 0 Å². The first-order valence-electron chi connectivity index (χ1n) is 6.63. The molecule has 0 aliphatic heterocycles. The molecule has 0 heterocycles. The van der Waals surface area contributed by atoms with Crippen LogP contribution in [0.15, 0.2) is 0 Å². The molecular weight excluding hydrogens is 426 g/mol. The van der Waals surface area contributed by atoms with E-state index in [0.29, 0.717) is 6.29 Å². The van der Waals surface area contributed by atoms with Crippen LogP contribution < -0.4 is 0 Å². The Bertz CT molecular complexity index is 730. The Balaban J connectivity index is 6.37. The summed E-state index contributed by atoms with van der Waals surface area (Å²) in [7, 11) is 0. The second-order valence-corrected chi connectivity index (χ2v) is 5.36. The van der Waals surface area contributed by atoms with Crippen LogP contribution in [-0.2, 0) is 4.79 Å². The lowest BCUT2D eigenvalue weighted by molar-refractivity contribution is -0.869. The normalized spacial score (nSPS) is 13.2. The number of nitrogens with zero attached hydrogens (tertiary/aromatic N) is 6. The number of hydrogen-bond acceptors (Lipinski definition) is 13. The smallest absolute Gasteiger partial charge is 0.291 e. The first-order valence-corrected chi connectivity index (χ1v) is 6.63. The van der Waals surface area contributed by atoms with Crippen LogP contribution in [0.5, 0.6) is 0 Å². The van der Waals surface area contributed by atoms with Crippen LogP contribution in [0.3, 0.4) is 0 Å². The molecule has 0 amide bonds. The Labute approximate surface area is 154 Å². The molecule has 0 N–H and O–H groups in total. The number of halogens is 2. The number of alkyl halides is 2. The van der Waals surface area contributed by atoms with Gasteiger partial charge in [0, 0.05) is 0 Å². The van der Waals surface area contributed by atoms with Crippen molar-refractivity contribution in [2.24, 2.45) is 5.92 Å². The van der Waals surface area contributed by atoms with E-state index in [1.54, 1.807) is 0 Å². The van der Waals surface area contributed by atoms with Gasteiger partial charge in [0.1, 0.15) is 32.5 Å². The zero-order chi connectivity index (χ0) is 23.4. The van der Waals surface area contributed by atoms with Crippen molar-refractivity contribution in [2.75, 3.05) is 0 Å². The largest absolute Gasteiger partial charge is 0.628 e. The summed E-state index contributed by atoms with van der Waals surface area (Å²) >= 11 is 0. The predicted octanol–water partition coefficient (Wildman–Crippen LogP) is -0.514. The molecule has 21 heteroatoms. The van der Waals surface area contributed by atoms with Gasteiger partial charge in [-0.1, -0.05) is 8.78 Å². The molecular formula is C8H7F2N6O13. The first-order chi connectivity index (χ1) is 13.0. The maximum Gasteiger partial charge on any atom is 0.628 e. The monoisotopic (exact) mass is 433 g/mol. The zero-order valence-electron chi connectivity index (χ0n) is 13.4. The molecule has 0 aromatic carbocycles. The van der Waals surface area contributed by atoms with Gasteiger partial charge in [-0.05, 0) is 0 Å².